The van der Waals surface area contributed by atoms with Gasteiger partial charge in [0.25, 0.3) is 0 Å². The Balaban J connectivity index is 2.86. The molecule has 1 aromatic heterocycles. The molecule has 1 atom stereocenters. The molecule has 0 radical (unpaired) electrons. The van der Waals surface area contributed by atoms with Gasteiger partial charge in [0, 0.05) is 12.4 Å². The van der Waals surface area contributed by atoms with Crippen LogP contribution < -0.4 is 0 Å². The van der Waals surface area contributed by atoms with Gasteiger partial charge in [-0.15, -0.1) is 0 Å². The van der Waals surface area contributed by atoms with Gasteiger partial charge in [0.1, 0.15) is 11.7 Å². The van der Waals surface area contributed by atoms with E-state index in [2.05, 4.69) is 9.97 Å². The maximum absolute atomic E-state index is 12.1. The second kappa shape index (κ2) is 3.08. The van der Waals surface area contributed by atoms with Crippen LogP contribution in [0.5, 0.6) is 0 Å². The van der Waals surface area contributed by atoms with Crippen LogP contribution in [0.1, 0.15) is 18.7 Å². The Morgan fingerprint density at radius 3 is 2.17 bits per heavy atom. The van der Waals surface area contributed by atoms with Gasteiger partial charge in [0.05, 0.1) is 0 Å². The third-order valence-corrected chi connectivity index (χ3v) is 1.46. The third kappa shape index (κ3) is 1.93. The van der Waals surface area contributed by atoms with Gasteiger partial charge in [0.15, 0.2) is 0 Å². The first-order chi connectivity index (χ1) is 5.52. The first-order valence-electron chi connectivity index (χ1n) is 3.35. The molecule has 0 amide bonds. The summed E-state index contributed by atoms with van der Waals surface area (Å²) >= 11 is 0. The molecule has 2 nitrogen and oxygen atoms in total. The Morgan fingerprint density at radius 2 is 1.75 bits per heavy atom. The molecule has 1 aromatic rings. The van der Waals surface area contributed by atoms with Crippen molar-refractivity contribution >= 4 is 0 Å². The molecule has 0 aliphatic carbocycles. The summed E-state index contributed by atoms with van der Waals surface area (Å²) in [5.74, 6) is -1.79. The number of rotatable bonds is 1. The summed E-state index contributed by atoms with van der Waals surface area (Å²) in [5.41, 5.74) is 0. The highest BCUT2D eigenvalue weighted by Gasteiger charge is 2.38. The SMILES string of the molecule is CC(c1ncccn1)C(F)(F)F. The van der Waals surface area contributed by atoms with Crippen LogP contribution in [-0.2, 0) is 0 Å². The predicted octanol–water partition coefficient (Wildman–Crippen LogP) is 2.14. The van der Waals surface area contributed by atoms with E-state index < -0.39 is 12.1 Å². The highest BCUT2D eigenvalue weighted by Crippen LogP contribution is 2.31. The highest BCUT2D eigenvalue weighted by molar-refractivity contribution is 4.98. The molecule has 12 heavy (non-hydrogen) atoms. The molecular weight excluding hydrogens is 169 g/mol. The van der Waals surface area contributed by atoms with E-state index in [4.69, 9.17) is 0 Å². The van der Waals surface area contributed by atoms with E-state index in [1.165, 1.54) is 18.5 Å². The summed E-state index contributed by atoms with van der Waals surface area (Å²) in [6.07, 6.45) is -1.67. The molecule has 1 heterocycles. The summed E-state index contributed by atoms with van der Waals surface area (Å²) in [6, 6.07) is 1.48. The molecule has 66 valence electrons. The van der Waals surface area contributed by atoms with Crippen LogP contribution >= 0.6 is 0 Å². The van der Waals surface area contributed by atoms with Crippen molar-refractivity contribution in [2.45, 2.75) is 19.0 Å². The predicted molar refractivity (Wildman–Crippen MR) is 36.5 cm³/mol. The topological polar surface area (TPSA) is 25.8 Å². The molecule has 5 heteroatoms. The standard InChI is InChI=1S/C7H7F3N2/c1-5(7(8,9)10)6-11-3-2-4-12-6/h2-5H,1H3. The molecule has 0 N–H and O–H groups in total. The Kier molecular flexibility index (Phi) is 2.30. The number of hydrogen-bond acceptors (Lipinski definition) is 2. The Bertz CT molecular complexity index is 245. The van der Waals surface area contributed by atoms with Crippen molar-refractivity contribution in [3.05, 3.63) is 24.3 Å². The number of halogens is 3. The van der Waals surface area contributed by atoms with Gasteiger partial charge in [-0.1, -0.05) is 0 Å². The van der Waals surface area contributed by atoms with Gasteiger partial charge in [-0.25, -0.2) is 9.97 Å². The number of alkyl halides is 3. The normalized spacial score (nSPS) is 14.3. The van der Waals surface area contributed by atoms with E-state index in [0.717, 1.165) is 6.92 Å². The molecule has 0 aliphatic heterocycles. The van der Waals surface area contributed by atoms with Gasteiger partial charge < -0.3 is 0 Å². The minimum Gasteiger partial charge on any atom is -0.241 e. The van der Waals surface area contributed by atoms with E-state index >= 15 is 0 Å². The van der Waals surface area contributed by atoms with Gasteiger partial charge in [-0.2, -0.15) is 13.2 Å². The van der Waals surface area contributed by atoms with Gasteiger partial charge in [-0.3, -0.25) is 0 Å². The Hall–Kier alpha value is -1.13. The lowest BCUT2D eigenvalue weighted by Gasteiger charge is -2.12. The lowest BCUT2D eigenvalue weighted by atomic mass is 10.1. The van der Waals surface area contributed by atoms with Crippen molar-refractivity contribution in [1.29, 1.82) is 0 Å². The van der Waals surface area contributed by atoms with Crippen molar-refractivity contribution < 1.29 is 13.2 Å². The molecule has 0 saturated carbocycles. The second-order valence-electron chi connectivity index (χ2n) is 2.37. The zero-order valence-electron chi connectivity index (χ0n) is 6.34. The summed E-state index contributed by atoms with van der Waals surface area (Å²) in [4.78, 5) is 7.03. The fourth-order valence-electron chi connectivity index (χ4n) is 0.681. The number of nitrogens with zero attached hydrogens (tertiary/aromatic N) is 2. The van der Waals surface area contributed by atoms with Crippen molar-refractivity contribution in [2.75, 3.05) is 0 Å². The van der Waals surface area contributed by atoms with Crippen LogP contribution in [-0.4, -0.2) is 16.1 Å². The van der Waals surface area contributed by atoms with Crippen LogP contribution in [0.3, 0.4) is 0 Å². The minimum atomic E-state index is -4.26. The molecule has 0 fully saturated rings. The average Bonchev–Trinajstić information content (AvgIpc) is 2.03. The van der Waals surface area contributed by atoms with Crippen molar-refractivity contribution in [3.63, 3.8) is 0 Å². The molecule has 0 saturated heterocycles. The van der Waals surface area contributed by atoms with Crippen molar-refractivity contribution in [2.24, 2.45) is 0 Å². The van der Waals surface area contributed by atoms with Gasteiger partial charge in [-0.05, 0) is 13.0 Å². The molecule has 1 rings (SSSR count). The lowest BCUT2D eigenvalue weighted by Crippen LogP contribution is -2.19. The maximum Gasteiger partial charge on any atom is 0.398 e. The summed E-state index contributed by atoms with van der Waals surface area (Å²) < 4.78 is 36.2. The van der Waals surface area contributed by atoms with E-state index in [9.17, 15) is 13.2 Å². The minimum absolute atomic E-state index is 0.190. The summed E-state index contributed by atoms with van der Waals surface area (Å²) in [6.45, 7) is 1.04. The van der Waals surface area contributed by atoms with Crippen LogP contribution in [0.2, 0.25) is 0 Å². The zero-order valence-corrected chi connectivity index (χ0v) is 6.34. The summed E-state index contributed by atoms with van der Waals surface area (Å²) in [7, 11) is 0. The molecular formula is C7H7F3N2. The largest absolute Gasteiger partial charge is 0.398 e. The highest BCUT2D eigenvalue weighted by atomic mass is 19.4. The van der Waals surface area contributed by atoms with Crippen molar-refractivity contribution in [3.8, 4) is 0 Å². The van der Waals surface area contributed by atoms with Gasteiger partial charge >= 0.3 is 6.18 Å². The van der Waals surface area contributed by atoms with Crippen molar-refractivity contribution in [1.82, 2.24) is 9.97 Å². The molecule has 1 unspecified atom stereocenters. The molecule has 0 aliphatic rings. The second-order valence-corrected chi connectivity index (χ2v) is 2.37. The third-order valence-electron chi connectivity index (χ3n) is 1.46. The van der Waals surface area contributed by atoms with Crippen LogP contribution in [0.4, 0.5) is 13.2 Å². The summed E-state index contributed by atoms with van der Waals surface area (Å²) in [5, 5.41) is 0. The number of hydrogen-bond donors (Lipinski definition) is 0. The monoisotopic (exact) mass is 176 g/mol. The lowest BCUT2D eigenvalue weighted by molar-refractivity contribution is -0.147. The first-order valence-corrected chi connectivity index (χ1v) is 3.35. The zero-order chi connectivity index (χ0) is 9.19. The Labute approximate surface area is 67.5 Å². The molecule has 0 spiro atoms. The fourth-order valence-corrected chi connectivity index (χ4v) is 0.681. The van der Waals surface area contributed by atoms with E-state index in [-0.39, 0.29) is 5.82 Å². The Morgan fingerprint density at radius 1 is 1.25 bits per heavy atom. The average molecular weight is 176 g/mol. The van der Waals surface area contributed by atoms with E-state index in [0.29, 0.717) is 0 Å². The fraction of sp³-hybridized carbons (Fsp3) is 0.429. The van der Waals surface area contributed by atoms with Crippen LogP contribution in [0.25, 0.3) is 0 Å². The van der Waals surface area contributed by atoms with Gasteiger partial charge in [0.2, 0.25) is 0 Å². The quantitative estimate of drug-likeness (QED) is 0.655. The smallest absolute Gasteiger partial charge is 0.241 e. The first kappa shape index (κ1) is 8.96. The number of aromatic nitrogens is 2. The molecule has 0 bridgehead atoms. The van der Waals surface area contributed by atoms with Crippen LogP contribution in [0, 0.1) is 0 Å². The van der Waals surface area contributed by atoms with E-state index in [1.54, 1.807) is 0 Å². The molecule has 0 aromatic carbocycles. The van der Waals surface area contributed by atoms with E-state index in [1.807, 2.05) is 0 Å². The van der Waals surface area contributed by atoms with Crippen LogP contribution in [0.15, 0.2) is 18.5 Å². The maximum atomic E-state index is 12.1.